The maximum atomic E-state index is 14.4. The minimum Gasteiger partial charge on any atom is -0.489 e. The van der Waals surface area contributed by atoms with Crippen molar-refractivity contribution in [3.05, 3.63) is 58.9 Å². The molecule has 1 aliphatic carbocycles. The molecule has 210 valence electrons. The van der Waals surface area contributed by atoms with Crippen LogP contribution in [0.15, 0.2) is 42.5 Å². The van der Waals surface area contributed by atoms with Crippen LogP contribution in [-0.2, 0) is 20.8 Å². The van der Waals surface area contributed by atoms with E-state index in [0.717, 1.165) is 6.07 Å². The SMILES string of the molecule is CC(C)N1C(=O)[C@H](NC(=O)[C@@H](Cc2ccccc2F)NC(=O)C2(C(F)(F)F)CCC2)COc2cc(Cl)ccc21. The molecule has 1 saturated carbocycles. The summed E-state index contributed by atoms with van der Waals surface area (Å²) in [6.07, 6.45) is -5.85. The van der Waals surface area contributed by atoms with E-state index < -0.39 is 66.5 Å². The van der Waals surface area contributed by atoms with Gasteiger partial charge in [0.25, 0.3) is 5.91 Å². The first-order valence-corrected chi connectivity index (χ1v) is 12.9. The predicted molar refractivity (Wildman–Crippen MR) is 136 cm³/mol. The van der Waals surface area contributed by atoms with E-state index in [1.165, 1.54) is 29.2 Å². The molecule has 0 bridgehead atoms. The number of anilines is 1. The van der Waals surface area contributed by atoms with Gasteiger partial charge in [0.2, 0.25) is 11.8 Å². The number of carbonyl (C=O) groups is 3. The van der Waals surface area contributed by atoms with Crippen LogP contribution in [0.2, 0.25) is 5.02 Å². The topological polar surface area (TPSA) is 87.7 Å². The molecule has 2 N–H and O–H groups in total. The van der Waals surface area contributed by atoms with E-state index in [1.54, 1.807) is 26.0 Å². The first-order valence-electron chi connectivity index (χ1n) is 12.5. The molecule has 1 aliphatic heterocycles. The number of nitrogens with zero attached hydrogens (tertiary/aromatic N) is 1. The third kappa shape index (κ3) is 5.68. The minimum absolute atomic E-state index is 0.0157. The Balaban J connectivity index is 1.60. The molecule has 2 aromatic carbocycles. The Morgan fingerprint density at radius 3 is 2.46 bits per heavy atom. The largest absolute Gasteiger partial charge is 0.489 e. The molecule has 2 aliphatic rings. The molecule has 1 fully saturated rings. The van der Waals surface area contributed by atoms with Crippen molar-refractivity contribution >= 4 is 35.0 Å². The highest BCUT2D eigenvalue weighted by atomic mass is 35.5. The van der Waals surface area contributed by atoms with Crippen LogP contribution in [0.25, 0.3) is 0 Å². The van der Waals surface area contributed by atoms with E-state index in [2.05, 4.69) is 10.6 Å². The molecule has 3 amide bonds. The van der Waals surface area contributed by atoms with E-state index in [4.69, 9.17) is 16.3 Å². The number of hydrogen-bond acceptors (Lipinski definition) is 4. The van der Waals surface area contributed by atoms with Gasteiger partial charge in [-0.1, -0.05) is 36.2 Å². The quantitative estimate of drug-likeness (QED) is 0.479. The van der Waals surface area contributed by atoms with E-state index in [-0.39, 0.29) is 24.6 Å². The highest BCUT2D eigenvalue weighted by Gasteiger charge is 2.63. The molecule has 0 spiro atoms. The fourth-order valence-corrected chi connectivity index (χ4v) is 4.96. The van der Waals surface area contributed by atoms with Crippen LogP contribution in [0.4, 0.5) is 23.2 Å². The molecule has 0 radical (unpaired) electrons. The summed E-state index contributed by atoms with van der Waals surface area (Å²) in [7, 11) is 0. The van der Waals surface area contributed by atoms with Crippen molar-refractivity contribution in [1.82, 2.24) is 10.6 Å². The molecule has 2 aromatic rings. The molecule has 7 nitrogen and oxygen atoms in total. The van der Waals surface area contributed by atoms with E-state index in [9.17, 15) is 31.9 Å². The predicted octanol–water partition coefficient (Wildman–Crippen LogP) is 4.56. The summed E-state index contributed by atoms with van der Waals surface area (Å²) < 4.78 is 61.6. The van der Waals surface area contributed by atoms with Gasteiger partial charge in [-0.3, -0.25) is 14.4 Å². The third-order valence-electron chi connectivity index (χ3n) is 7.14. The molecule has 0 aromatic heterocycles. The van der Waals surface area contributed by atoms with Crippen molar-refractivity contribution in [2.75, 3.05) is 11.5 Å². The third-order valence-corrected chi connectivity index (χ3v) is 7.38. The van der Waals surface area contributed by atoms with Crippen LogP contribution in [-0.4, -0.2) is 48.6 Å². The zero-order valence-electron chi connectivity index (χ0n) is 21.3. The molecule has 12 heteroatoms. The summed E-state index contributed by atoms with van der Waals surface area (Å²) in [4.78, 5) is 41.2. The van der Waals surface area contributed by atoms with Gasteiger partial charge in [0.1, 0.15) is 35.7 Å². The average molecular weight is 570 g/mol. The summed E-state index contributed by atoms with van der Waals surface area (Å²) in [5.74, 6) is -3.20. The van der Waals surface area contributed by atoms with Crippen LogP contribution in [0.5, 0.6) is 5.75 Å². The second kappa shape index (κ2) is 11.0. The number of fused-ring (bicyclic) bond motifs is 1. The number of alkyl halides is 3. The van der Waals surface area contributed by atoms with Gasteiger partial charge in [0, 0.05) is 23.6 Å². The maximum absolute atomic E-state index is 14.4. The molecule has 0 unspecified atom stereocenters. The van der Waals surface area contributed by atoms with Gasteiger partial charge in [-0.15, -0.1) is 0 Å². The highest BCUT2D eigenvalue weighted by Crippen LogP contribution is 2.53. The highest BCUT2D eigenvalue weighted by molar-refractivity contribution is 6.30. The minimum atomic E-state index is -4.82. The summed E-state index contributed by atoms with van der Waals surface area (Å²) in [5, 5.41) is 5.08. The first kappa shape index (κ1) is 28.7. The standard InChI is InChI=1S/C27H28ClF4N3O4/c1-15(2)35-21-9-8-17(28)13-22(21)39-14-20(24(35)37)33-23(36)19(12-16-6-3-4-7-18(16)29)34-25(38)26(10-5-11-26)27(30,31)32/h3-4,6-9,13,15,19-20H,5,10-12,14H2,1-2H3,(H,33,36)(H,34,38)/t19-,20-/m1/s1. The lowest BCUT2D eigenvalue weighted by molar-refractivity contribution is -0.243. The Hall–Kier alpha value is -3.34. The number of benzene rings is 2. The van der Waals surface area contributed by atoms with Crippen molar-refractivity contribution in [2.45, 2.75) is 63.8 Å². The molecule has 0 saturated heterocycles. The van der Waals surface area contributed by atoms with E-state index >= 15 is 0 Å². The fourth-order valence-electron chi connectivity index (χ4n) is 4.80. The second-order valence-corrected chi connectivity index (χ2v) is 10.5. The van der Waals surface area contributed by atoms with Crippen LogP contribution in [0, 0.1) is 11.2 Å². The Kier molecular flexibility index (Phi) is 8.11. The van der Waals surface area contributed by atoms with Gasteiger partial charge in [0.05, 0.1) is 5.69 Å². The number of rotatable bonds is 7. The number of hydrogen-bond donors (Lipinski definition) is 2. The second-order valence-electron chi connectivity index (χ2n) is 10.0. The van der Waals surface area contributed by atoms with Gasteiger partial charge >= 0.3 is 6.18 Å². The fraction of sp³-hybridized carbons (Fsp3) is 0.444. The van der Waals surface area contributed by atoms with Gasteiger partial charge in [-0.25, -0.2) is 4.39 Å². The molecular weight excluding hydrogens is 542 g/mol. The Labute approximate surface area is 227 Å². The Morgan fingerprint density at radius 1 is 1.18 bits per heavy atom. The Bertz CT molecular complexity index is 1270. The lowest BCUT2D eigenvalue weighted by Crippen LogP contribution is -2.61. The summed E-state index contributed by atoms with van der Waals surface area (Å²) in [6, 6.07) is 6.97. The van der Waals surface area contributed by atoms with E-state index in [0.29, 0.717) is 16.5 Å². The van der Waals surface area contributed by atoms with Gasteiger partial charge in [0.15, 0.2) is 0 Å². The van der Waals surface area contributed by atoms with E-state index in [1.807, 2.05) is 0 Å². The van der Waals surface area contributed by atoms with Gasteiger partial charge < -0.3 is 20.3 Å². The molecule has 1 heterocycles. The van der Waals surface area contributed by atoms with Crippen molar-refractivity contribution in [2.24, 2.45) is 5.41 Å². The lowest BCUT2D eigenvalue weighted by Gasteiger charge is -2.42. The van der Waals surface area contributed by atoms with Crippen molar-refractivity contribution in [3.63, 3.8) is 0 Å². The van der Waals surface area contributed by atoms with Crippen molar-refractivity contribution in [1.29, 1.82) is 0 Å². The van der Waals surface area contributed by atoms with Gasteiger partial charge in [-0.05, 0) is 50.5 Å². The van der Waals surface area contributed by atoms with Crippen LogP contribution < -0.4 is 20.3 Å². The molecule has 39 heavy (non-hydrogen) atoms. The van der Waals surface area contributed by atoms with Crippen molar-refractivity contribution in [3.8, 4) is 5.75 Å². The molecular formula is C27H28ClF4N3O4. The zero-order chi connectivity index (χ0) is 28.5. The summed E-state index contributed by atoms with van der Waals surface area (Å²) in [5.41, 5.74) is -2.16. The number of amides is 3. The van der Waals surface area contributed by atoms with Gasteiger partial charge in [-0.2, -0.15) is 13.2 Å². The van der Waals surface area contributed by atoms with Crippen LogP contribution >= 0.6 is 11.6 Å². The summed E-state index contributed by atoms with van der Waals surface area (Å²) >= 11 is 6.08. The number of halogens is 5. The summed E-state index contributed by atoms with van der Waals surface area (Å²) in [6.45, 7) is 3.22. The van der Waals surface area contributed by atoms with Crippen LogP contribution in [0.3, 0.4) is 0 Å². The smallest absolute Gasteiger partial charge is 0.403 e. The number of ether oxygens (including phenoxy) is 1. The van der Waals surface area contributed by atoms with Crippen LogP contribution in [0.1, 0.15) is 38.7 Å². The lowest BCUT2D eigenvalue weighted by atomic mass is 9.67. The maximum Gasteiger partial charge on any atom is 0.403 e. The zero-order valence-corrected chi connectivity index (χ0v) is 22.0. The van der Waals surface area contributed by atoms with Crippen molar-refractivity contribution < 1.29 is 36.7 Å². The average Bonchev–Trinajstić information content (AvgIpc) is 2.94. The molecule has 4 rings (SSSR count). The first-order chi connectivity index (χ1) is 18.3. The number of nitrogens with one attached hydrogen (secondary N) is 2. The molecule has 2 atom stereocenters. The normalized spacial score (nSPS) is 19.3. The number of carbonyl (C=O) groups excluding carboxylic acids is 3. The Morgan fingerprint density at radius 2 is 1.87 bits per heavy atom. The monoisotopic (exact) mass is 569 g/mol.